The van der Waals surface area contributed by atoms with E-state index in [1.807, 2.05) is 0 Å². The molecule has 0 aromatic carbocycles. The van der Waals surface area contributed by atoms with Gasteiger partial charge in [-0.15, -0.1) is 0 Å². The van der Waals surface area contributed by atoms with Crippen LogP contribution in [0.1, 0.15) is 50.5 Å². The van der Waals surface area contributed by atoms with Crippen LogP contribution >= 0.6 is 0 Å². The van der Waals surface area contributed by atoms with E-state index in [4.69, 9.17) is 9.84 Å². The predicted molar refractivity (Wildman–Crippen MR) is 91.2 cm³/mol. The molecule has 0 bridgehead atoms. The van der Waals surface area contributed by atoms with Crippen LogP contribution in [0.4, 0.5) is 4.79 Å². The van der Waals surface area contributed by atoms with E-state index in [-0.39, 0.29) is 12.3 Å². The standard InChI is InChI=1S/C17H25N3O5/c1-17(2,3)25-16(24)20-13(15(22)23)9-5-7-11-19-14(21)12-8-4-6-10-18-12/h4,6,8,10,13H,5,7,9,11H2,1-3H3,(H,19,21)(H,20,24)(H,22,23). The maximum Gasteiger partial charge on any atom is 0.408 e. The summed E-state index contributed by atoms with van der Waals surface area (Å²) in [6.45, 7) is 5.50. The fourth-order valence-corrected chi connectivity index (χ4v) is 1.97. The third-order valence-electron chi connectivity index (χ3n) is 3.09. The molecule has 0 spiro atoms. The van der Waals surface area contributed by atoms with Crippen molar-refractivity contribution in [3.8, 4) is 0 Å². The fourth-order valence-electron chi connectivity index (χ4n) is 1.97. The molecule has 0 saturated carbocycles. The maximum atomic E-state index is 11.8. The van der Waals surface area contributed by atoms with Crippen molar-refractivity contribution in [2.45, 2.75) is 51.7 Å². The number of aliphatic carboxylic acids is 1. The lowest BCUT2D eigenvalue weighted by atomic mass is 10.1. The van der Waals surface area contributed by atoms with Crippen molar-refractivity contribution in [1.29, 1.82) is 0 Å². The van der Waals surface area contributed by atoms with Crippen molar-refractivity contribution >= 4 is 18.0 Å². The minimum absolute atomic E-state index is 0.244. The van der Waals surface area contributed by atoms with Gasteiger partial charge in [-0.2, -0.15) is 0 Å². The molecule has 0 aliphatic rings. The first kappa shape index (κ1) is 20.4. The third kappa shape index (κ3) is 8.69. The molecule has 1 heterocycles. The topological polar surface area (TPSA) is 118 Å². The van der Waals surface area contributed by atoms with Gasteiger partial charge in [-0.25, -0.2) is 9.59 Å². The number of carbonyl (C=O) groups excluding carboxylic acids is 2. The van der Waals surface area contributed by atoms with Crippen molar-refractivity contribution < 1.29 is 24.2 Å². The average molecular weight is 351 g/mol. The van der Waals surface area contributed by atoms with E-state index in [1.54, 1.807) is 39.0 Å². The Morgan fingerprint density at radius 2 is 1.96 bits per heavy atom. The fraction of sp³-hybridized carbons (Fsp3) is 0.529. The molecule has 138 valence electrons. The van der Waals surface area contributed by atoms with Gasteiger partial charge in [-0.1, -0.05) is 6.07 Å². The van der Waals surface area contributed by atoms with Crippen molar-refractivity contribution in [1.82, 2.24) is 15.6 Å². The summed E-state index contributed by atoms with van der Waals surface area (Å²) >= 11 is 0. The Labute approximate surface area is 147 Å². The Hall–Kier alpha value is -2.64. The number of carboxylic acids is 1. The van der Waals surface area contributed by atoms with Gasteiger partial charge in [-0.05, 0) is 52.2 Å². The van der Waals surface area contributed by atoms with Crippen LogP contribution in [0.25, 0.3) is 0 Å². The summed E-state index contributed by atoms with van der Waals surface area (Å²) in [7, 11) is 0. The molecular formula is C17H25N3O5. The number of unbranched alkanes of at least 4 members (excludes halogenated alkanes) is 1. The Balaban J connectivity index is 2.30. The molecule has 1 atom stereocenters. The number of amides is 2. The predicted octanol–water partition coefficient (Wildman–Crippen LogP) is 1.96. The number of nitrogens with one attached hydrogen (secondary N) is 2. The average Bonchev–Trinajstić information content (AvgIpc) is 2.52. The number of carbonyl (C=O) groups is 3. The number of nitrogens with zero attached hydrogens (tertiary/aromatic N) is 1. The molecule has 3 N–H and O–H groups in total. The van der Waals surface area contributed by atoms with Crippen molar-refractivity contribution in [3.63, 3.8) is 0 Å². The van der Waals surface area contributed by atoms with Gasteiger partial charge >= 0.3 is 12.1 Å². The second-order valence-corrected chi connectivity index (χ2v) is 6.50. The van der Waals surface area contributed by atoms with Crippen molar-refractivity contribution in [3.05, 3.63) is 30.1 Å². The Morgan fingerprint density at radius 1 is 1.24 bits per heavy atom. The van der Waals surface area contributed by atoms with Gasteiger partial charge in [0.1, 0.15) is 17.3 Å². The summed E-state index contributed by atoms with van der Waals surface area (Å²) in [5, 5.41) is 14.2. The maximum absolute atomic E-state index is 11.8. The Bertz CT molecular complexity index is 584. The summed E-state index contributed by atoms with van der Waals surface area (Å²) in [5.41, 5.74) is -0.361. The highest BCUT2D eigenvalue weighted by Gasteiger charge is 2.23. The van der Waals surface area contributed by atoms with Gasteiger partial charge < -0.3 is 20.5 Å². The van der Waals surface area contributed by atoms with Crippen LogP contribution in [0.3, 0.4) is 0 Å². The number of aromatic nitrogens is 1. The Kier molecular flexibility index (Phi) is 7.84. The molecule has 1 unspecified atom stereocenters. The molecule has 0 saturated heterocycles. The van der Waals surface area contributed by atoms with Gasteiger partial charge in [-0.3, -0.25) is 9.78 Å². The molecule has 0 aliphatic heterocycles. The van der Waals surface area contributed by atoms with Gasteiger partial charge in [0.2, 0.25) is 0 Å². The lowest BCUT2D eigenvalue weighted by Crippen LogP contribution is -2.43. The second-order valence-electron chi connectivity index (χ2n) is 6.50. The molecule has 1 aromatic heterocycles. The molecule has 25 heavy (non-hydrogen) atoms. The van der Waals surface area contributed by atoms with Gasteiger partial charge in [0.15, 0.2) is 0 Å². The van der Waals surface area contributed by atoms with E-state index in [0.29, 0.717) is 25.1 Å². The highest BCUT2D eigenvalue weighted by Crippen LogP contribution is 2.08. The van der Waals surface area contributed by atoms with E-state index in [0.717, 1.165) is 0 Å². The summed E-state index contributed by atoms with van der Waals surface area (Å²) in [6.07, 6.45) is 2.12. The molecule has 0 fully saturated rings. The van der Waals surface area contributed by atoms with Crippen molar-refractivity contribution in [2.24, 2.45) is 0 Å². The molecule has 0 radical (unpaired) electrons. The van der Waals surface area contributed by atoms with Crippen LogP contribution in [0.2, 0.25) is 0 Å². The minimum Gasteiger partial charge on any atom is -0.480 e. The lowest BCUT2D eigenvalue weighted by molar-refractivity contribution is -0.139. The van der Waals surface area contributed by atoms with Crippen LogP contribution in [-0.4, -0.2) is 46.2 Å². The highest BCUT2D eigenvalue weighted by atomic mass is 16.6. The lowest BCUT2D eigenvalue weighted by Gasteiger charge is -2.22. The Morgan fingerprint density at radius 3 is 2.52 bits per heavy atom. The van der Waals surface area contributed by atoms with Crippen LogP contribution in [0.15, 0.2) is 24.4 Å². The van der Waals surface area contributed by atoms with Gasteiger partial charge in [0.25, 0.3) is 5.91 Å². The number of alkyl carbamates (subject to hydrolysis) is 1. The molecule has 1 rings (SSSR count). The first-order chi connectivity index (χ1) is 11.7. The zero-order valence-electron chi connectivity index (χ0n) is 14.7. The van der Waals surface area contributed by atoms with E-state index >= 15 is 0 Å². The third-order valence-corrected chi connectivity index (χ3v) is 3.09. The number of ether oxygens (including phenoxy) is 1. The van der Waals surface area contributed by atoms with E-state index in [9.17, 15) is 14.4 Å². The summed E-state index contributed by atoms with van der Waals surface area (Å²) in [5.74, 6) is -1.40. The van der Waals surface area contributed by atoms with Crippen LogP contribution < -0.4 is 10.6 Å². The number of hydrogen-bond acceptors (Lipinski definition) is 5. The molecule has 8 heteroatoms. The smallest absolute Gasteiger partial charge is 0.408 e. The summed E-state index contributed by atoms with van der Waals surface area (Å²) in [4.78, 5) is 38.6. The first-order valence-electron chi connectivity index (χ1n) is 8.10. The zero-order valence-corrected chi connectivity index (χ0v) is 14.7. The first-order valence-corrected chi connectivity index (χ1v) is 8.10. The van der Waals surface area contributed by atoms with Crippen LogP contribution in [0.5, 0.6) is 0 Å². The monoisotopic (exact) mass is 351 g/mol. The largest absolute Gasteiger partial charge is 0.480 e. The number of hydrogen-bond donors (Lipinski definition) is 3. The van der Waals surface area contributed by atoms with E-state index < -0.39 is 23.7 Å². The number of carboxylic acid groups (broad SMARTS) is 1. The van der Waals surface area contributed by atoms with Crippen LogP contribution in [-0.2, 0) is 9.53 Å². The molecular weight excluding hydrogens is 326 g/mol. The zero-order chi connectivity index (χ0) is 18.9. The summed E-state index contributed by atoms with van der Waals surface area (Å²) in [6, 6.07) is 4.03. The van der Waals surface area contributed by atoms with Gasteiger partial charge in [0.05, 0.1) is 0 Å². The molecule has 0 aliphatic carbocycles. The van der Waals surface area contributed by atoms with Crippen LogP contribution in [0, 0.1) is 0 Å². The second kappa shape index (κ2) is 9.61. The number of rotatable bonds is 8. The van der Waals surface area contributed by atoms with E-state index in [1.165, 1.54) is 6.20 Å². The van der Waals surface area contributed by atoms with Gasteiger partial charge in [0, 0.05) is 12.7 Å². The number of pyridine rings is 1. The highest BCUT2D eigenvalue weighted by molar-refractivity contribution is 5.92. The minimum atomic E-state index is -1.12. The summed E-state index contributed by atoms with van der Waals surface area (Å²) < 4.78 is 5.05. The van der Waals surface area contributed by atoms with E-state index in [2.05, 4.69) is 15.6 Å². The SMILES string of the molecule is CC(C)(C)OC(=O)NC(CCCCNC(=O)c1ccccn1)C(=O)O. The molecule has 8 nitrogen and oxygen atoms in total. The normalized spacial score (nSPS) is 12.1. The quantitative estimate of drug-likeness (QED) is 0.616. The van der Waals surface area contributed by atoms with Crippen molar-refractivity contribution in [2.75, 3.05) is 6.54 Å². The molecule has 2 amide bonds. The molecule has 1 aromatic rings.